The van der Waals surface area contributed by atoms with E-state index in [9.17, 15) is 17.6 Å². The number of piperidine rings is 1. The van der Waals surface area contributed by atoms with Gasteiger partial charge in [-0.05, 0) is 49.2 Å². The molecule has 6 nitrogen and oxygen atoms in total. The first-order valence-corrected chi connectivity index (χ1v) is 10.3. The summed E-state index contributed by atoms with van der Waals surface area (Å²) >= 11 is 5.68. The van der Waals surface area contributed by atoms with E-state index in [-0.39, 0.29) is 23.6 Å². The second-order valence-corrected chi connectivity index (χ2v) is 7.90. The van der Waals surface area contributed by atoms with Gasteiger partial charge in [-0.3, -0.25) is 4.79 Å². The van der Waals surface area contributed by atoms with E-state index in [0.29, 0.717) is 10.6 Å². The van der Waals surface area contributed by atoms with E-state index in [1.54, 1.807) is 24.3 Å². The highest BCUT2D eigenvalue weighted by molar-refractivity contribution is 7.72. The van der Waals surface area contributed by atoms with E-state index in [4.69, 9.17) is 16.3 Å². The molecular formula is C19H20ClFN2O4S. The average Bonchev–Trinajstić information content (AvgIpc) is 2.69. The highest BCUT2D eigenvalue weighted by Crippen LogP contribution is 2.22. The Hall–Kier alpha value is -2.32. The largest absolute Gasteiger partial charge is 0.484 e. The summed E-state index contributed by atoms with van der Waals surface area (Å²) < 4.78 is 40.4. The number of ether oxygens (including phenoxy) is 1. The SMILES string of the molecule is O=C(COc1ccc(F)c(Cl)c1)NC1CCN(c2ccc([SH](=O)=O)cc2)CC1. The zero-order valence-corrected chi connectivity index (χ0v) is 16.6. The van der Waals surface area contributed by atoms with Crippen molar-refractivity contribution in [2.24, 2.45) is 0 Å². The van der Waals surface area contributed by atoms with Crippen LogP contribution in [-0.2, 0) is 15.5 Å². The standard InChI is InChI=1S/C19H20ClFN2O4S/c20-17-11-15(3-6-18(17)21)27-12-19(24)22-13-7-9-23(10-8-13)14-1-4-16(5-2-14)28(25)26/h1-6,11,13,28H,7-10,12H2,(H,22,24). The molecule has 0 aliphatic carbocycles. The summed E-state index contributed by atoms with van der Waals surface area (Å²) in [5.74, 6) is -0.455. The van der Waals surface area contributed by atoms with Crippen LogP contribution in [0.2, 0.25) is 5.02 Å². The highest BCUT2D eigenvalue weighted by Gasteiger charge is 2.21. The Bertz CT molecular complexity index is 905. The second-order valence-electron chi connectivity index (χ2n) is 6.47. The molecular weight excluding hydrogens is 407 g/mol. The van der Waals surface area contributed by atoms with Crippen molar-refractivity contribution in [2.45, 2.75) is 23.8 Å². The number of halogens is 2. The molecule has 1 aliphatic heterocycles. The van der Waals surface area contributed by atoms with E-state index in [1.165, 1.54) is 18.2 Å². The van der Waals surface area contributed by atoms with Crippen LogP contribution in [0.5, 0.6) is 5.75 Å². The van der Waals surface area contributed by atoms with Gasteiger partial charge < -0.3 is 15.0 Å². The lowest BCUT2D eigenvalue weighted by Crippen LogP contribution is -2.46. The third-order valence-electron chi connectivity index (χ3n) is 4.55. The third kappa shape index (κ3) is 5.36. The van der Waals surface area contributed by atoms with Gasteiger partial charge in [-0.1, -0.05) is 11.6 Å². The van der Waals surface area contributed by atoms with Crippen molar-refractivity contribution < 1.29 is 22.3 Å². The molecule has 28 heavy (non-hydrogen) atoms. The first-order valence-electron chi connectivity index (χ1n) is 8.79. The Morgan fingerprint density at radius 3 is 2.46 bits per heavy atom. The molecule has 0 bridgehead atoms. The van der Waals surface area contributed by atoms with Crippen LogP contribution in [0.1, 0.15) is 12.8 Å². The summed E-state index contributed by atoms with van der Waals surface area (Å²) in [4.78, 5) is 14.5. The minimum atomic E-state index is -2.57. The minimum Gasteiger partial charge on any atom is -0.484 e. The monoisotopic (exact) mass is 426 g/mol. The van der Waals surface area contributed by atoms with Crippen molar-refractivity contribution in [3.05, 3.63) is 53.3 Å². The quantitative estimate of drug-likeness (QED) is 0.694. The number of rotatable bonds is 6. The van der Waals surface area contributed by atoms with Crippen LogP contribution < -0.4 is 15.0 Å². The van der Waals surface area contributed by atoms with Gasteiger partial charge >= 0.3 is 0 Å². The van der Waals surface area contributed by atoms with Crippen molar-refractivity contribution in [3.8, 4) is 5.75 Å². The summed E-state index contributed by atoms with van der Waals surface area (Å²) in [6.45, 7) is 1.33. The number of hydrogen-bond acceptors (Lipinski definition) is 5. The molecule has 0 spiro atoms. The van der Waals surface area contributed by atoms with Gasteiger partial charge in [0.1, 0.15) is 11.6 Å². The molecule has 150 valence electrons. The van der Waals surface area contributed by atoms with Crippen LogP contribution in [0.3, 0.4) is 0 Å². The van der Waals surface area contributed by atoms with Gasteiger partial charge in [0.25, 0.3) is 5.91 Å². The van der Waals surface area contributed by atoms with Crippen LogP contribution in [0.4, 0.5) is 10.1 Å². The van der Waals surface area contributed by atoms with Gasteiger partial charge in [-0.2, -0.15) is 0 Å². The van der Waals surface area contributed by atoms with Crippen molar-refractivity contribution in [3.63, 3.8) is 0 Å². The molecule has 0 unspecified atom stereocenters. The fourth-order valence-corrected chi connectivity index (χ4v) is 3.62. The van der Waals surface area contributed by atoms with Crippen LogP contribution in [-0.4, -0.2) is 40.1 Å². The molecule has 2 aromatic rings. The normalized spacial score (nSPS) is 14.9. The number of nitrogens with zero attached hydrogens (tertiary/aromatic N) is 1. The first kappa shape index (κ1) is 20.4. The molecule has 9 heteroatoms. The Balaban J connectivity index is 1.44. The molecule has 1 saturated heterocycles. The highest BCUT2D eigenvalue weighted by atomic mass is 35.5. The number of anilines is 1. The van der Waals surface area contributed by atoms with Gasteiger partial charge in [-0.15, -0.1) is 0 Å². The molecule has 1 heterocycles. The van der Waals surface area contributed by atoms with Gasteiger partial charge in [0.05, 0.1) is 9.92 Å². The number of carbonyl (C=O) groups excluding carboxylic acids is 1. The molecule has 0 saturated carbocycles. The molecule has 1 amide bonds. The molecule has 1 fully saturated rings. The number of benzene rings is 2. The van der Waals surface area contributed by atoms with E-state index in [0.717, 1.165) is 31.6 Å². The van der Waals surface area contributed by atoms with Gasteiger partial charge in [-0.25, -0.2) is 12.8 Å². The number of nitrogens with one attached hydrogen (secondary N) is 1. The number of hydrogen-bond donors (Lipinski definition) is 2. The summed E-state index contributed by atoms with van der Waals surface area (Å²) in [7, 11) is -2.57. The van der Waals surface area contributed by atoms with Crippen LogP contribution in [0.15, 0.2) is 47.4 Å². The van der Waals surface area contributed by atoms with Crippen molar-refractivity contribution in [2.75, 3.05) is 24.6 Å². The lowest BCUT2D eigenvalue weighted by atomic mass is 10.0. The third-order valence-corrected chi connectivity index (χ3v) is 5.56. The lowest BCUT2D eigenvalue weighted by Gasteiger charge is -2.34. The van der Waals surface area contributed by atoms with E-state index >= 15 is 0 Å². The first-order chi connectivity index (χ1) is 13.4. The number of amides is 1. The Labute approximate surface area is 169 Å². The molecule has 0 atom stereocenters. The maximum absolute atomic E-state index is 13.1. The summed E-state index contributed by atoms with van der Waals surface area (Å²) in [6, 6.07) is 10.7. The summed E-state index contributed by atoms with van der Waals surface area (Å²) in [5.41, 5.74) is 0.960. The van der Waals surface area contributed by atoms with Crippen molar-refractivity contribution >= 4 is 33.9 Å². The maximum Gasteiger partial charge on any atom is 0.258 e. The van der Waals surface area contributed by atoms with Gasteiger partial charge in [0.2, 0.25) is 0 Å². The predicted octanol–water partition coefficient (Wildman–Crippen LogP) is 2.61. The summed E-state index contributed by atoms with van der Waals surface area (Å²) in [6.07, 6.45) is 1.54. The van der Waals surface area contributed by atoms with E-state index in [2.05, 4.69) is 10.2 Å². The Morgan fingerprint density at radius 2 is 1.86 bits per heavy atom. The van der Waals surface area contributed by atoms with E-state index < -0.39 is 16.5 Å². The molecule has 2 aromatic carbocycles. The molecule has 0 aromatic heterocycles. The van der Waals surface area contributed by atoms with Gasteiger partial charge in [0.15, 0.2) is 17.3 Å². The molecule has 1 N–H and O–H groups in total. The van der Waals surface area contributed by atoms with Gasteiger partial charge in [0, 0.05) is 30.9 Å². The molecule has 0 radical (unpaired) electrons. The van der Waals surface area contributed by atoms with E-state index in [1.807, 2.05) is 0 Å². The average molecular weight is 427 g/mol. The topological polar surface area (TPSA) is 75.7 Å². The van der Waals surface area contributed by atoms with Crippen molar-refractivity contribution in [1.82, 2.24) is 5.32 Å². The zero-order valence-electron chi connectivity index (χ0n) is 14.9. The lowest BCUT2D eigenvalue weighted by molar-refractivity contribution is -0.123. The van der Waals surface area contributed by atoms with Crippen LogP contribution in [0.25, 0.3) is 0 Å². The van der Waals surface area contributed by atoms with Crippen LogP contribution >= 0.6 is 11.6 Å². The molecule has 3 rings (SSSR count). The fraction of sp³-hybridized carbons (Fsp3) is 0.316. The Kier molecular flexibility index (Phi) is 6.74. The maximum atomic E-state index is 13.1. The van der Waals surface area contributed by atoms with Crippen LogP contribution in [0, 0.1) is 5.82 Å². The van der Waals surface area contributed by atoms with Crippen molar-refractivity contribution in [1.29, 1.82) is 0 Å². The predicted molar refractivity (Wildman–Crippen MR) is 105 cm³/mol. The number of carbonyl (C=O) groups is 1. The molecule has 1 aliphatic rings. The fourth-order valence-electron chi connectivity index (χ4n) is 3.05. The Morgan fingerprint density at radius 1 is 1.18 bits per heavy atom. The number of thiol groups is 1. The minimum absolute atomic E-state index is 0.0412. The summed E-state index contributed by atoms with van der Waals surface area (Å²) in [5, 5.41) is 2.88. The zero-order chi connectivity index (χ0) is 20.1. The second kappa shape index (κ2) is 9.25. The smallest absolute Gasteiger partial charge is 0.258 e.